The maximum absolute atomic E-state index is 13.8. The molecule has 6 heteroatoms. The maximum atomic E-state index is 13.8. The van der Waals surface area contributed by atoms with Gasteiger partial charge in [-0.25, -0.2) is 8.78 Å². The first-order chi connectivity index (χ1) is 11.3. The molecule has 0 aromatic carbocycles. The van der Waals surface area contributed by atoms with E-state index in [0.29, 0.717) is 32.5 Å². The Kier molecular flexibility index (Phi) is 9.63. The maximum Gasteiger partial charge on any atom is 0.271 e. The Morgan fingerprint density at radius 3 is 2.00 bits per heavy atom. The lowest BCUT2D eigenvalue weighted by atomic mass is 9.77. The summed E-state index contributed by atoms with van der Waals surface area (Å²) in [6.07, 6.45) is 1.29. The second-order valence-electron chi connectivity index (χ2n) is 6.22. The van der Waals surface area contributed by atoms with Crippen molar-refractivity contribution in [1.82, 2.24) is 10.2 Å². The fourth-order valence-electron chi connectivity index (χ4n) is 2.93. The number of amides is 1. The molecular formula is C18H34F2N2O2. The zero-order valence-corrected chi connectivity index (χ0v) is 16.0. The number of halogens is 2. The molecule has 0 aromatic heterocycles. The third-order valence-corrected chi connectivity index (χ3v) is 4.81. The smallest absolute Gasteiger partial charge is 0.271 e. The van der Waals surface area contributed by atoms with Crippen LogP contribution in [0.4, 0.5) is 8.78 Å². The first-order valence-electron chi connectivity index (χ1n) is 9.15. The van der Waals surface area contributed by atoms with Gasteiger partial charge in [-0.05, 0) is 32.7 Å². The van der Waals surface area contributed by atoms with E-state index < -0.39 is 29.7 Å². The van der Waals surface area contributed by atoms with Crippen molar-refractivity contribution < 1.29 is 18.4 Å². The molecule has 2 aliphatic heterocycles. The lowest BCUT2D eigenvalue weighted by Gasteiger charge is -2.41. The third kappa shape index (κ3) is 5.50. The highest BCUT2D eigenvalue weighted by molar-refractivity contribution is 5.83. The Morgan fingerprint density at radius 2 is 1.58 bits per heavy atom. The first-order valence-corrected chi connectivity index (χ1v) is 9.15. The van der Waals surface area contributed by atoms with Crippen LogP contribution in [-0.4, -0.2) is 48.7 Å². The summed E-state index contributed by atoms with van der Waals surface area (Å²) in [5.41, 5.74) is -0.409. The SMILES string of the molecule is CC.CC.CC(=O)C1(C)CCN(C(=O)C2CCNCC2(F)F)CC1. The molecule has 2 aliphatic rings. The molecule has 1 N–H and O–H groups in total. The summed E-state index contributed by atoms with van der Waals surface area (Å²) < 4.78 is 27.6. The van der Waals surface area contributed by atoms with E-state index in [1.165, 1.54) is 4.90 Å². The molecule has 1 atom stereocenters. The standard InChI is InChI=1S/C14H22F2N2O2.2C2H6/c1-10(19)13(2)4-7-18(8-5-13)12(20)11-3-6-17-9-14(11,15)16;2*1-2/h11,17H,3-9H2,1-2H3;2*1-2H3. The van der Waals surface area contributed by atoms with Gasteiger partial charge in [0.25, 0.3) is 5.92 Å². The number of carbonyl (C=O) groups is 2. The van der Waals surface area contributed by atoms with Gasteiger partial charge in [-0.3, -0.25) is 9.59 Å². The van der Waals surface area contributed by atoms with E-state index in [1.54, 1.807) is 6.92 Å². The number of carbonyl (C=O) groups excluding carboxylic acids is 2. The number of likely N-dealkylation sites (tertiary alicyclic amines) is 1. The van der Waals surface area contributed by atoms with E-state index >= 15 is 0 Å². The number of hydrogen-bond donors (Lipinski definition) is 1. The highest BCUT2D eigenvalue weighted by Crippen LogP contribution is 2.35. The molecule has 2 saturated heterocycles. The summed E-state index contributed by atoms with van der Waals surface area (Å²) in [4.78, 5) is 25.4. The molecule has 4 nitrogen and oxygen atoms in total. The molecule has 24 heavy (non-hydrogen) atoms. The van der Waals surface area contributed by atoms with Gasteiger partial charge in [0.05, 0.1) is 6.54 Å². The number of ketones is 1. The van der Waals surface area contributed by atoms with Gasteiger partial charge in [0.1, 0.15) is 11.7 Å². The van der Waals surface area contributed by atoms with Gasteiger partial charge in [0.15, 0.2) is 0 Å². The molecule has 2 heterocycles. The number of Topliss-reactive ketones (excluding diaryl/α,β-unsaturated/α-hetero) is 1. The van der Waals surface area contributed by atoms with Crippen molar-refractivity contribution in [2.24, 2.45) is 11.3 Å². The molecule has 2 fully saturated rings. The van der Waals surface area contributed by atoms with E-state index in [-0.39, 0.29) is 12.2 Å². The number of rotatable bonds is 2. The van der Waals surface area contributed by atoms with Crippen LogP contribution in [0.3, 0.4) is 0 Å². The zero-order valence-electron chi connectivity index (χ0n) is 16.0. The van der Waals surface area contributed by atoms with E-state index in [1.807, 2.05) is 34.6 Å². The topological polar surface area (TPSA) is 49.4 Å². The average Bonchev–Trinajstić information content (AvgIpc) is 2.58. The van der Waals surface area contributed by atoms with Crippen molar-refractivity contribution in [2.45, 2.75) is 66.7 Å². The van der Waals surface area contributed by atoms with Crippen LogP contribution >= 0.6 is 0 Å². The van der Waals surface area contributed by atoms with Gasteiger partial charge in [-0.15, -0.1) is 0 Å². The van der Waals surface area contributed by atoms with Crippen LogP contribution in [-0.2, 0) is 9.59 Å². The van der Waals surface area contributed by atoms with E-state index in [4.69, 9.17) is 0 Å². The molecule has 1 unspecified atom stereocenters. The summed E-state index contributed by atoms with van der Waals surface area (Å²) in [6, 6.07) is 0. The van der Waals surface area contributed by atoms with E-state index in [0.717, 1.165) is 0 Å². The highest BCUT2D eigenvalue weighted by atomic mass is 19.3. The lowest BCUT2D eigenvalue weighted by molar-refractivity contribution is -0.156. The Morgan fingerprint density at radius 1 is 1.08 bits per heavy atom. The normalized spacial score (nSPS) is 24.7. The molecule has 0 radical (unpaired) electrons. The van der Waals surface area contributed by atoms with Crippen molar-refractivity contribution in [3.05, 3.63) is 0 Å². The lowest BCUT2D eigenvalue weighted by Crippen LogP contribution is -2.55. The molecule has 0 bridgehead atoms. The van der Waals surface area contributed by atoms with Crippen molar-refractivity contribution in [2.75, 3.05) is 26.2 Å². The first kappa shape index (κ1) is 23.0. The molecule has 0 saturated carbocycles. The summed E-state index contributed by atoms with van der Waals surface area (Å²) in [6.45, 7) is 12.3. The molecule has 142 valence electrons. The molecule has 0 spiro atoms. The Bertz CT molecular complexity index is 406. The number of piperidine rings is 2. The number of hydrogen-bond acceptors (Lipinski definition) is 3. The molecule has 1 amide bonds. The van der Waals surface area contributed by atoms with Crippen molar-refractivity contribution in [3.8, 4) is 0 Å². The molecular weight excluding hydrogens is 314 g/mol. The second kappa shape index (κ2) is 10.1. The van der Waals surface area contributed by atoms with Gasteiger partial charge in [0, 0.05) is 18.5 Å². The van der Waals surface area contributed by atoms with Crippen LogP contribution < -0.4 is 5.32 Å². The van der Waals surface area contributed by atoms with Crippen LogP contribution in [0.2, 0.25) is 0 Å². The second-order valence-corrected chi connectivity index (χ2v) is 6.22. The average molecular weight is 348 g/mol. The Labute approximate surface area is 145 Å². The quantitative estimate of drug-likeness (QED) is 0.831. The molecule has 0 aliphatic carbocycles. The predicted octanol–water partition coefficient (Wildman–Crippen LogP) is 3.50. The largest absolute Gasteiger partial charge is 0.342 e. The van der Waals surface area contributed by atoms with Crippen molar-refractivity contribution >= 4 is 11.7 Å². The predicted molar refractivity (Wildman–Crippen MR) is 93.2 cm³/mol. The summed E-state index contributed by atoms with van der Waals surface area (Å²) in [5, 5.41) is 2.63. The zero-order chi connectivity index (χ0) is 19.0. The molecule has 0 aromatic rings. The van der Waals surface area contributed by atoms with Gasteiger partial charge in [-0.2, -0.15) is 0 Å². The van der Waals surface area contributed by atoms with Gasteiger partial charge >= 0.3 is 0 Å². The van der Waals surface area contributed by atoms with Crippen LogP contribution in [0, 0.1) is 11.3 Å². The number of nitrogens with zero attached hydrogens (tertiary/aromatic N) is 1. The third-order valence-electron chi connectivity index (χ3n) is 4.81. The number of nitrogens with one attached hydrogen (secondary N) is 1. The van der Waals surface area contributed by atoms with Gasteiger partial charge < -0.3 is 10.2 Å². The Hall–Kier alpha value is -1.04. The van der Waals surface area contributed by atoms with Crippen LogP contribution in [0.5, 0.6) is 0 Å². The summed E-state index contributed by atoms with van der Waals surface area (Å²) >= 11 is 0. The summed E-state index contributed by atoms with van der Waals surface area (Å²) in [7, 11) is 0. The minimum Gasteiger partial charge on any atom is -0.342 e. The monoisotopic (exact) mass is 348 g/mol. The van der Waals surface area contributed by atoms with Gasteiger partial charge in [0.2, 0.25) is 5.91 Å². The molecule has 2 rings (SSSR count). The summed E-state index contributed by atoms with van der Waals surface area (Å²) in [5.74, 6) is -4.54. The highest BCUT2D eigenvalue weighted by Gasteiger charge is 2.48. The van der Waals surface area contributed by atoms with Crippen LogP contribution in [0.15, 0.2) is 0 Å². The Balaban J connectivity index is 0.00000123. The van der Waals surface area contributed by atoms with Crippen LogP contribution in [0.25, 0.3) is 0 Å². The minimum absolute atomic E-state index is 0.108. The fourth-order valence-corrected chi connectivity index (χ4v) is 2.93. The fraction of sp³-hybridized carbons (Fsp3) is 0.889. The van der Waals surface area contributed by atoms with Crippen molar-refractivity contribution in [3.63, 3.8) is 0 Å². The van der Waals surface area contributed by atoms with Gasteiger partial charge in [-0.1, -0.05) is 34.6 Å². The van der Waals surface area contributed by atoms with Crippen LogP contribution in [0.1, 0.15) is 60.8 Å². The van der Waals surface area contributed by atoms with Crippen molar-refractivity contribution in [1.29, 1.82) is 0 Å². The minimum atomic E-state index is -2.98. The number of alkyl halides is 2. The van der Waals surface area contributed by atoms with E-state index in [9.17, 15) is 18.4 Å². The van der Waals surface area contributed by atoms with E-state index in [2.05, 4.69) is 5.32 Å².